The molecular weight excluding hydrogens is 724 g/mol. The molecule has 0 spiro atoms. The summed E-state index contributed by atoms with van der Waals surface area (Å²) in [6.45, 7) is 21.3. The highest BCUT2D eigenvalue weighted by Gasteiger charge is 2.41. The van der Waals surface area contributed by atoms with E-state index in [1.165, 1.54) is 18.7 Å². The van der Waals surface area contributed by atoms with Gasteiger partial charge in [-0.2, -0.15) is 0 Å². The van der Waals surface area contributed by atoms with Gasteiger partial charge in [-0.15, -0.1) is 0 Å². The summed E-state index contributed by atoms with van der Waals surface area (Å²) in [7, 11) is 0. The van der Waals surface area contributed by atoms with Crippen molar-refractivity contribution in [2.45, 2.75) is 164 Å². The standard InChI is InChI=1S/C39H70N8O9/c1-19(2)16-26(42-36(52)30(22(7)8)45-33(49)25(12)41-32(48)24(11)40)34(50)43-27(17-20(3)4)38(54)47-15-13-14-29(47)35(51)46-31(23(9)10)37(53)44-28(39(55)56)18-21(5)6/h19-31H,13-18,40H2,1-12H3,(H,41,48)(H,42,52)(H,43,50)(H,44,53)(H,45,49)(H,46,51)(H,55,56). The fraction of sp³-hybridized carbons (Fsp3) is 0.795. The van der Waals surface area contributed by atoms with Crippen LogP contribution in [0.25, 0.3) is 0 Å². The summed E-state index contributed by atoms with van der Waals surface area (Å²) < 4.78 is 0. The van der Waals surface area contributed by atoms with Crippen LogP contribution in [0.2, 0.25) is 0 Å². The lowest BCUT2D eigenvalue weighted by Crippen LogP contribution is -2.61. The Morgan fingerprint density at radius 2 is 1.02 bits per heavy atom. The van der Waals surface area contributed by atoms with E-state index in [0.717, 1.165) is 0 Å². The average Bonchev–Trinajstić information content (AvgIpc) is 3.57. The topological polar surface area (TPSA) is 258 Å². The third-order valence-electron chi connectivity index (χ3n) is 9.48. The third kappa shape index (κ3) is 16.1. The summed E-state index contributed by atoms with van der Waals surface area (Å²) in [5.41, 5.74) is 5.59. The van der Waals surface area contributed by atoms with Gasteiger partial charge in [0.1, 0.15) is 42.3 Å². The lowest BCUT2D eigenvalue weighted by molar-refractivity contribution is -0.144. The van der Waals surface area contributed by atoms with E-state index in [4.69, 9.17) is 5.73 Å². The minimum Gasteiger partial charge on any atom is -0.480 e. The highest BCUT2D eigenvalue weighted by Crippen LogP contribution is 2.22. The van der Waals surface area contributed by atoms with Crippen molar-refractivity contribution >= 4 is 47.3 Å². The third-order valence-corrected chi connectivity index (χ3v) is 9.48. The molecule has 0 bridgehead atoms. The van der Waals surface area contributed by atoms with Crippen molar-refractivity contribution in [1.29, 1.82) is 0 Å². The maximum absolute atomic E-state index is 14.2. The molecular formula is C39H70N8O9. The average molecular weight is 795 g/mol. The van der Waals surface area contributed by atoms with Gasteiger partial charge in [-0.3, -0.25) is 33.6 Å². The molecule has 1 fully saturated rings. The number of carbonyl (C=O) groups excluding carboxylic acids is 7. The van der Waals surface area contributed by atoms with Crippen LogP contribution in [0.4, 0.5) is 0 Å². The Morgan fingerprint density at radius 3 is 1.48 bits per heavy atom. The summed E-state index contributed by atoms with van der Waals surface area (Å²) >= 11 is 0. The normalized spacial score (nSPS) is 18.1. The lowest BCUT2D eigenvalue weighted by atomic mass is 9.98. The molecule has 1 aliphatic heterocycles. The van der Waals surface area contributed by atoms with Crippen molar-refractivity contribution in [3.63, 3.8) is 0 Å². The summed E-state index contributed by atoms with van der Waals surface area (Å²) in [5.74, 6) is -6.13. The van der Waals surface area contributed by atoms with Crippen LogP contribution < -0.4 is 37.6 Å². The van der Waals surface area contributed by atoms with E-state index < -0.39 is 107 Å². The number of carbonyl (C=O) groups is 8. The second-order valence-electron chi connectivity index (χ2n) is 17.1. The number of nitrogens with one attached hydrogen (secondary N) is 6. The maximum Gasteiger partial charge on any atom is 0.326 e. The number of hydrogen-bond acceptors (Lipinski definition) is 9. The fourth-order valence-corrected chi connectivity index (χ4v) is 6.40. The van der Waals surface area contributed by atoms with Crippen LogP contribution in [-0.2, 0) is 38.4 Å². The minimum atomic E-state index is -1.18. The first kappa shape index (κ1) is 49.7. The van der Waals surface area contributed by atoms with E-state index in [0.29, 0.717) is 12.8 Å². The van der Waals surface area contributed by atoms with Crippen molar-refractivity contribution in [3.8, 4) is 0 Å². The molecule has 7 amide bonds. The Bertz CT molecular complexity index is 1380. The van der Waals surface area contributed by atoms with E-state index >= 15 is 0 Å². The van der Waals surface area contributed by atoms with Gasteiger partial charge in [0, 0.05) is 6.54 Å². The summed E-state index contributed by atoms with van der Waals surface area (Å²) in [6, 6.07) is -8.13. The van der Waals surface area contributed by atoms with Crippen LogP contribution in [0.1, 0.15) is 115 Å². The largest absolute Gasteiger partial charge is 0.480 e. The van der Waals surface area contributed by atoms with Gasteiger partial charge in [0.25, 0.3) is 0 Å². The van der Waals surface area contributed by atoms with Crippen LogP contribution >= 0.6 is 0 Å². The molecule has 0 aromatic rings. The van der Waals surface area contributed by atoms with Gasteiger partial charge in [0.05, 0.1) is 6.04 Å². The molecule has 17 nitrogen and oxygen atoms in total. The molecule has 8 unspecified atom stereocenters. The zero-order chi connectivity index (χ0) is 43.2. The van der Waals surface area contributed by atoms with Crippen molar-refractivity contribution in [3.05, 3.63) is 0 Å². The maximum atomic E-state index is 14.2. The molecule has 0 radical (unpaired) electrons. The van der Waals surface area contributed by atoms with Gasteiger partial charge in [-0.05, 0) is 75.5 Å². The van der Waals surface area contributed by atoms with Gasteiger partial charge in [0.2, 0.25) is 41.4 Å². The number of nitrogens with two attached hydrogens (primary N) is 1. The van der Waals surface area contributed by atoms with E-state index in [2.05, 4.69) is 31.9 Å². The Hall–Kier alpha value is -4.28. The molecule has 1 rings (SSSR count). The summed E-state index contributed by atoms with van der Waals surface area (Å²) in [6.07, 6.45) is 1.48. The Labute approximate surface area is 332 Å². The van der Waals surface area contributed by atoms with E-state index in [1.54, 1.807) is 27.7 Å². The van der Waals surface area contributed by atoms with Crippen LogP contribution in [0, 0.1) is 29.6 Å². The molecule has 9 N–H and O–H groups in total. The van der Waals surface area contributed by atoms with Crippen LogP contribution in [0.3, 0.4) is 0 Å². The number of rotatable bonds is 22. The number of carboxylic acids is 1. The molecule has 320 valence electrons. The number of carboxylic acid groups (broad SMARTS) is 1. The highest BCUT2D eigenvalue weighted by molar-refractivity contribution is 5.97. The number of hydrogen-bond donors (Lipinski definition) is 8. The molecule has 0 aromatic heterocycles. The Kier molecular flexibility index (Phi) is 20.5. The molecule has 0 saturated carbocycles. The van der Waals surface area contributed by atoms with Crippen molar-refractivity contribution in [2.75, 3.05) is 6.54 Å². The summed E-state index contributed by atoms with van der Waals surface area (Å²) in [5, 5.41) is 25.7. The lowest BCUT2D eigenvalue weighted by Gasteiger charge is -2.32. The van der Waals surface area contributed by atoms with Gasteiger partial charge >= 0.3 is 5.97 Å². The van der Waals surface area contributed by atoms with E-state index in [1.807, 2.05) is 41.5 Å². The first-order valence-corrected chi connectivity index (χ1v) is 20.0. The van der Waals surface area contributed by atoms with Crippen molar-refractivity contribution in [1.82, 2.24) is 36.8 Å². The van der Waals surface area contributed by atoms with E-state index in [-0.39, 0.29) is 43.6 Å². The zero-order valence-corrected chi connectivity index (χ0v) is 35.5. The fourth-order valence-electron chi connectivity index (χ4n) is 6.40. The summed E-state index contributed by atoms with van der Waals surface area (Å²) in [4.78, 5) is 107. The quantitative estimate of drug-likeness (QED) is 0.0765. The molecule has 17 heteroatoms. The molecule has 56 heavy (non-hydrogen) atoms. The monoisotopic (exact) mass is 795 g/mol. The number of nitrogens with zero attached hydrogens (tertiary/aromatic N) is 1. The highest BCUT2D eigenvalue weighted by atomic mass is 16.4. The number of likely N-dealkylation sites (tertiary alicyclic amines) is 1. The van der Waals surface area contributed by atoms with Crippen molar-refractivity contribution < 1.29 is 43.5 Å². The second-order valence-corrected chi connectivity index (χ2v) is 17.1. The Morgan fingerprint density at radius 1 is 0.571 bits per heavy atom. The van der Waals surface area contributed by atoms with Crippen LogP contribution in [-0.4, -0.2) is 112 Å². The number of amides is 7. The van der Waals surface area contributed by atoms with Crippen LogP contribution in [0.5, 0.6) is 0 Å². The van der Waals surface area contributed by atoms with Crippen LogP contribution in [0.15, 0.2) is 0 Å². The molecule has 1 saturated heterocycles. The Balaban J connectivity index is 3.24. The van der Waals surface area contributed by atoms with E-state index in [9.17, 15) is 43.5 Å². The van der Waals surface area contributed by atoms with Crippen molar-refractivity contribution in [2.24, 2.45) is 35.3 Å². The first-order valence-electron chi connectivity index (χ1n) is 20.0. The molecule has 1 aliphatic rings. The molecule has 8 atom stereocenters. The zero-order valence-electron chi connectivity index (χ0n) is 35.5. The molecule has 0 aromatic carbocycles. The minimum absolute atomic E-state index is 0.00100. The van der Waals surface area contributed by atoms with Gasteiger partial charge in [-0.1, -0.05) is 69.2 Å². The first-order chi connectivity index (χ1) is 25.9. The molecule has 1 heterocycles. The number of aliphatic carboxylic acids is 1. The predicted molar refractivity (Wildman–Crippen MR) is 211 cm³/mol. The predicted octanol–water partition coefficient (Wildman–Crippen LogP) is 0.788. The van der Waals surface area contributed by atoms with Gasteiger partial charge in [0.15, 0.2) is 0 Å². The second kappa shape index (κ2) is 23.1. The van der Waals surface area contributed by atoms with Gasteiger partial charge in [-0.25, -0.2) is 4.79 Å². The molecule has 0 aliphatic carbocycles. The SMILES string of the molecule is CC(C)CC(NC(=O)C(NC(=O)C1CCCN1C(=O)C(CC(C)C)NC(=O)C(CC(C)C)NC(=O)C(NC(=O)C(C)NC(=O)C(C)N)C(C)C)C(C)C)C(=O)O. The van der Waals surface area contributed by atoms with Gasteiger partial charge < -0.3 is 47.6 Å². The smallest absolute Gasteiger partial charge is 0.326 e.